The molecular formula is C24H26N2O4S. The third kappa shape index (κ3) is 5.44. The number of ether oxygens (including phenoxy) is 1. The van der Waals surface area contributed by atoms with Gasteiger partial charge in [0.1, 0.15) is 12.3 Å². The first-order chi connectivity index (χ1) is 14.9. The molecule has 1 amide bonds. The van der Waals surface area contributed by atoms with E-state index in [1.807, 2.05) is 38.1 Å². The van der Waals surface area contributed by atoms with Crippen LogP contribution in [0.5, 0.6) is 5.75 Å². The molecule has 31 heavy (non-hydrogen) atoms. The quantitative estimate of drug-likeness (QED) is 0.550. The average molecular weight is 439 g/mol. The van der Waals surface area contributed by atoms with E-state index in [0.29, 0.717) is 24.6 Å². The molecule has 0 aliphatic heterocycles. The molecule has 0 unspecified atom stereocenters. The molecule has 0 bridgehead atoms. The number of hydrogen-bond acceptors (Lipinski definition) is 4. The van der Waals surface area contributed by atoms with Gasteiger partial charge in [0.15, 0.2) is 0 Å². The Morgan fingerprint density at radius 2 is 1.58 bits per heavy atom. The van der Waals surface area contributed by atoms with Gasteiger partial charge < -0.3 is 10.1 Å². The molecule has 0 saturated carbocycles. The van der Waals surface area contributed by atoms with Gasteiger partial charge in [-0.05, 0) is 49.2 Å². The molecule has 0 saturated heterocycles. The first-order valence-corrected chi connectivity index (χ1v) is 11.5. The second-order valence-corrected chi connectivity index (χ2v) is 8.79. The maximum atomic E-state index is 13.4. The van der Waals surface area contributed by atoms with E-state index in [2.05, 4.69) is 5.32 Å². The van der Waals surface area contributed by atoms with Crippen molar-refractivity contribution in [2.75, 3.05) is 17.5 Å². The smallest absolute Gasteiger partial charge is 0.264 e. The van der Waals surface area contributed by atoms with Crippen LogP contribution in [0.25, 0.3) is 0 Å². The molecule has 0 aliphatic rings. The van der Waals surface area contributed by atoms with Crippen LogP contribution in [-0.4, -0.2) is 27.5 Å². The minimum absolute atomic E-state index is 0.105. The lowest BCUT2D eigenvalue weighted by molar-refractivity contribution is -0.119. The summed E-state index contributed by atoms with van der Waals surface area (Å²) in [6.07, 6.45) is 0. The van der Waals surface area contributed by atoms with Crippen LogP contribution in [-0.2, 0) is 21.4 Å². The fourth-order valence-electron chi connectivity index (χ4n) is 3.15. The Bertz CT molecular complexity index is 1130. The number of carbonyl (C=O) groups is 1. The molecule has 7 heteroatoms. The molecule has 0 heterocycles. The maximum absolute atomic E-state index is 13.4. The van der Waals surface area contributed by atoms with Gasteiger partial charge in [-0.25, -0.2) is 8.42 Å². The number of sulfonamides is 1. The maximum Gasteiger partial charge on any atom is 0.264 e. The number of rotatable bonds is 9. The Labute approximate surface area is 183 Å². The molecule has 6 nitrogen and oxygen atoms in total. The lowest BCUT2D eigenvalue weighted by atomic mass is 10.1. The molecule has 0 atom stereocenters. The zero-order valence-corrected chi connectivity index (χ0v) is 18.4. The highest BCUT2D eigenvalue weighted by atomic mass is 32.2. The second kappa shape index (κ2) is 10.1. The van der Waals surface area contributed by atoms with E-state index in [4.69, 9.17) is 4.74 Å². The third-order valence-electron chi connectivity index (χ3n) is 4.79. The third-order valence-corrected chi connectivity index (χ3v) is 6.56. The van der Waals surface area contributed by atoms with Gasteiger partial charge in [0, 0.05) is 6.54 Å². The van der Waals surface area contributed by atoms with Crippen LogP contribution < -0.4 is 14.4 Å². The van der Waals surface area contributed by atoms with Crippen molar-refractivity contribution in [2.24, 2.45) is 0 Å². The van der Waals surface area contributed by atoms with Crippen molar-refractivity contribution in [3.8, 4) is 5.75 Å². The molecule has 0 fully saturated rings. The van der Waals surface area contributed by atoms with Crippen molar-refractivity contribution in [3.63, 3.8) is 0 Å². The molecule has 0 aliphatic carbocycles. The van der Waals surface area contributed by atoms with Crippen LogP contribution in [0.15, 0.2) is 83.8 Å². The van der Waals surface area contributed by atoms with E-state index in [-0.39, 0.29) is 11.4 Å². The van der Waals surface area contributed by atoms with Crippen molar-refractivity contribution in [1.82, 2.24) is 5.32 Å². The molecule has 0 spiro atoms. The number of anilines is 1. The number of benzene rings is 3. The van der Waals surface area contributed by atoms with Crippen molar-refractivity contribution >= 4 is 21.6 Å². The topological polar surface area (TPSA) is 75.7 Å². The zero-order chi connectivity index (χ0) is 22.3. The predicted molar refractivity (Wildman–Crippen MR) is 122 cm³/mol. The summed E-state index contributed by atoms with van der Waals surface area (Å²) in [5.41, 5.74) is 2.35. The summed E-state index contributed by atoms with van der Waals surface area (Å²) in [6, 6.07) is 22.6. The number of aryl methyl sites for hydroxylation is 1. The molecule has 3 rings (SSSR count). The lowest BCUT2D eigenvalue weighted by Crippen LogP contribution is -2.41. The van der Waals surface area contributed by atoms with Gasteiger partial charge in [0.2, 0.25) is 5.91 Å². The molecule has 3 aromatic rings. The minimum Gasteiger partial charge on any atom is -0.492 e. The number of amides is 1. The highest BCUT2D eigenvalue weighted by Crippen LogP contribution is 2.32. The lowest BCUT2D eigenvalue weighted by Gasteiger charge is -2.26. The number of hydrogen-bond donors (Lipinski definition) is 1. The van der Waals surface area contributed by atoms with E-state index in [0.717, 1.165) is 15.4 Å². The fraction of sp³-hybridized carbons (Fsp3) is 0.208. The number of para-hydroxylation sites is 2. The summed E-state index contributed by atoms with van der Waals surface area (Å²) in [6.45, 7) is 4.11. The molecule has 0 radical (unpaired) electrons. The van der Waals surface area contributed by atoms with E-state index in [1.54, 1.807) is 42.5 Å². The Kier molecular flexibility index (Phi) is 7.31. The molecule has 3 aromatic carbocycles. The van der Waals surface area contributed by atoms with Crippen LogP contribution >= 0.6 is 0 Å². The van der Waals surface area contributed by atoms with E-state index in [1.165, 1.54) is 12.1 Å². The van der Waals surface area contributed by atoms with E-state index >= 15 is 0 Å². The van der Waals surface area contributed by atoms with Gasteiger partial charge >= 0.3 is 0 Å². The summed E-state index contributed by atoms with van der Waals surface area (Å²) in [4.78, 5) is 12.9. The Morgan fingerprint density at radius 1 is 0.935 bits per heavy atom. The van der Waals surface area contributed by atoms with Gasteiger partial charge in [-0.2, -0.15) is 0 Å². The SMILES string of the molecule is CCOc1ccccc1N(CC(=O)NCc1ccccc1C)S(=O)(=O)c1ccccc1. The van der Waals surface area contributed by atoms with Crippen LogP contribution in [0.1, 0.15) is 18.1 Å². The zero-order valence-electron chi connectivity index (χ0n) is 17.6. The Hall–Kier alpha value is -3.32. The summed E-state index contributed by atoms with van der Waals surface area (Å²) < 4.78 is 33.6. The molecular weight excluding hydrogens is 412 g/mol. The van der Waals surface area contributed by atoms with Gasteiger partial charge in [-0.1, -0.05) is 54.6 Å². The number of nitrogens with one attached hydrogen (secondary N) is 1. The molecule has 162 valence electrons. The Morgan fingerprint density at radius 3 is 2.29 bits per heavy atom. The van der Waals surface area contributed by atoms with Crippen molar-refractivity contribution in [3.05, 3.63) is 90.0 Å². The second-order valence-electron chi connectivity index (χ2n) is 6.93. The van der Waals surface area contributed by atoms with Crippen molar-refractivity contribution in [2.45, 2.75) is 25.3 Å². The summed E-state index contributed by atoms with van der Waals surface area (Å²) >= 11 is 0. The highest BCUT2D eigenvalue weighted by molar-refractivity contribution is 7.92. The highest BCUT2D eigenvalue weighted by Gasteiger charge is 2.29. The van der Waals surface area contributed by atoms with Crippen molar-refractivity contribution in [1.29, 1.82) is 0 Å². The van der Waals surface area contributed by atoms with Gasteiger partial charge in [-0.3, -0.25) is 9.10 Å². The van der Waals surface area contributed by atoms with Gasteiger partial charge in [0.05, 0.1) is 17.2 Å². The summed E-state index contributed by atoms with van der Waals surface area (Å²) in [5.74, 6) is -0.00901. The first kappa shape index (κ1) is 22.4. The fourth-order valence-corrected chi connectivity index (χ4v) is 4.60. The molecule has 1 N–H and O–H groups in total. The summed E-state index contributed by atoms with van der Waals surface area (Å²) in [7, 11) is -3.99. The van der Waals surface area contributed by atoms with E-state index < -0.39 is 15.9 Å². The normalized spacial score (nSPS) is 11.0. The van der Waals surface area contributed by atoms with Gasteiger partial charge in [-0.15, -0.1) is 0 Å². The number of nitrogens with zero attached hydrogens (tertiary/aromatic N) is 1. The number of carbonyl (C=O) groups excluding carboxylic acids is 1. The van der Waals surface area contributed by atoms with Crippen LogP contribution in [0, 0.1) is 6.92 Å². The Balaban J connectivity index is 1.91. The van der Waals surface area contributed by atoms with E-state index in [9.17, 15) is 13.2 Å². The van der Waals surface area contributed by atoms with Crippen LogP contribution in [0.4, 0.5) is 5.69 Å². The predicted octanol–water partition coefficient (Wildman–Crippen LogP) is 3.91. The monoisotopic (exact) mass is 438 g/mol. The minimum atomic E-state index is -3.99. The largest absolute Gasteiger partial charge is 0.492 e. The van der Waals surface area contributed by atoms with Gasteiger partial charge in [0.25, 0.3) is 10.0 Å². The van der Waals surface area contributed by atoms with Crippen molar-refractivity contribution < 1.29 is 17.9 Å². The van der Waals surface area contributed by atoms with Crippen LogP contribution in [0.3, 0.4) is 0 Å². The summed E-state index contributed by atoms with van der Waals surface area (Å²) in [5, 5.41) is 2.83. The standard InChI is InChI=1S/C24H26N2O4S/c1-3-30-23-16-10-9-15-22(23)26(31(28,29)21-13-5-4-6-14-21)18-24(27)25-17-20-12-8-7-11-19(20)2/h4-16H,3,17-18H2,1-2H3,(H,25,27). The molecule has 0 aromatic heterocycles. The van der Waals surface area contributed by atoms with Crippen LogP contribution in [0.2, 0.25) is 0 Å². The first-order valence-electron chi connectivity index (χ1n) is 10.0. The average Bonchev–Trinajstić information content (AvgIpc) is 2.78.